The van der Waals surface area contributed by atoms with Crippen molar-refractivity contribution in [2.75, 3.05) is 5.32 Å². The van der Waals surface area contributed by atoms with Gasteiger partial charge in [0, 0.05) is 32.3 Å². The van der Waals surface area contributed by atoms with E-state index in [0.29, 0.717) is 10.6 Å². The summed E-state index contributed by atoms with van der Waals surface area (Å²) >= 11 is 9.28. The van der Waals surface area contributed by atoms with Gasteiger partial charge in [-0.1, -0.05) is 33.6 Å². The number of carbonyl (C=O) groups is 1. The molecule has 3 nitrogen and oxygen atoms in total. The van der Waals surface area contributed by atoms with Crippen molar-refractivity contribution in [3.8, 4) is 0 Å². The zero-order valence-corrected chi connectivity index (χ0v) is 13.1. The van der Waals surface area contributed by atoms with Crippen molar-refractivity contribution in [3.05, 3.63) is 69.8 Å². The number of benzene rings is 2. The van der Waals surface area contributed by atoms with Gasteiger partial charge in [-0.25, -0.2) is 0 Å². The lowest BCUT2D eigenvalue weighted by Crippen LogP contribution is -2.11. The van der Waals surface area contributed by atoms with Crippen molar-refractivity contribution in [1.29, 1.82) is 0 Å². The van der Waals surface area contributed by atoms with Gasteiger partial charge in [-0.05, 0) is 42.5 Å². The molecule has 5 heteroatoms. The molecule has 0 radical (unpaired) electrons. The maximum absolute atomic E-state index is 12.2. The van der Waals surface area contributed by atoms with Crippen LogP contribution < -0.4 is 5.32 Å². The van der Waals surface area contributed by atoms with Gasteiger partial charge >= 0.3 is 0 Å². The number of nitrogens with one attached hydrogen (secondary N) is 1. The number of hydrogen-bond donors (Lipinski definition) is 1. The van der Waals surface area contributed by atoms with Crippen LogP contribution in [0.3, 0.4) is 0 Å². The maximum atomic E-state index is 12.2. The lowest BCUT2D eigenvalue weighted by atomic mass is 10.1. The highest BCUT2D eigenvalue weighted by Gasteiger charge is 2.08. The summed E-state index contributed by atoms with van der Waals surface area (Å²) in [5.74, 6) is -0.207. The number of anilines is 1. The van der Waals surface area contributed by atoms with Gasteiger partial charge in [-0.3, -0.25) is 9.78 Å². The molecule has 0 fully saturated rings. The first-order valence-corrected chi connectivity index (χ1v) is 7.41. The smallest absolute Gasteiger partial charge is 0.255 e. The molecule has 0 aliphatic carbocycles. The Morgan fingerprint density at radius 2 is 2.00 bits per heavy atom. The van der Waals surface area contributed by atoms with Gasteiger partial charge in [0.05, 0.1) is 5.52 Å². The second-order valence-electron chi connectivity index (χ2n) is 4.52. The van der Waals surface area contributed by atoms with Crippen molar-refractivity contribution < 1.29 is 4.79 Å². The van der Waals surface area contributed by atoms with Crippen molar-refractivity contribution in [2.24, 2.45) is 0 Å². The largest absolute Gasteiger partial charge is 0.322 e. The molecule has 3 aromatic rings. The summed E-state index contributed by atoms with van der Waals surface area (Å²) in [7, 11) is 0. The molecule has 2 aromatic carbocycles. The Kier molecular flexibility index (Phi) is 3.90. The second-order valence-corrected chi connectivity index (χ2v) is 5.88. The van der Waals surface area contributed by atoms with Crippen molar-refractivity contribution in [2.45, 2.75) is 0 Å². The van der Waals surface area contributed by atoms with E-state index in [1.165, 1.54) is 0 Å². The number of aromatic nitrogens is 1. The monoisotopic (exact) mass is 360 g/mol. The predicted octanol–water partition coefficient (Wildman–Crippen LogP) is 4.90. The number of pyridine rings is 1. The molecular formula is C16H10BrClN2O. The molecule has 0 aliphatic heterocycles. The predicted molar refractivity (Wildman–Crippen MR) is 88.8 cm³/mol. The van der Waals surface area contributed by atoms with Crippen LogP contribution in [-0.2, 0) is 0 Å². The minimum Gasteiger partial charge on any atom is -0.322 e. The van der Waals surface area contributed by atoms with E-state index in [9.17, 15) is 4.79 Å². The van der Waals surface area contributed by atoms with Crippen LogP contribution in [0.1, 0.15) is 10.4 Å². The Hall–Kier alpha value is -1.91. The van der Waals surface area contributed by atoms with Crippen LogP contribution in [0.2, 0.25) is 5.02 Å². The highest BCUT2D eigenvalue weighted by molar-refractivity contribution is 9.10. The van der Waals surface area contributed by atoms with E-state index < -0.39 is 0 Å². The molecule has 0 spiro atoms. The van der Waals surface area contributed by atoms with Crippen LogP contribution in [-0.4, -0.2) is 10.9 Å². The quantitative estimate of drug-likeness (QED) is 0.705. The normalized spacial score (nSPS) is 10.6. The minimum atomic E-state index is -0.207. The van der Waals surface area contributed by atoms with E-state index in [0.717, 1.165) is 21.1 Å². The molecule has 0 unspecified atom stereocenters. The van der Waals surface area contributed by atoms with E-state index in [4.69, 9.17) is 11.6 Å². The molecule has 1 N–H and O–H groups in total. The van der Waals surface area contributed by atoms with E-state index in [2.05, 4.69) is 26.2 Å². The first-order chi connectivity index (χ1) is 10.1. The Labute approximate surface area is 135 Å². The van der Waals surface area contributed by atoms with Crippen molar-refractivity contribution >= 4 is 50.0 Å². The van der Waals surface area contributed by atoms with Crippen LogP contribution in [0.4, 0.5) is 5.69 Å². The first kappa shape index (κ1) is 14.0. The van der Waals surface area contributed by atoms with E-state index in [-0.39, 0.29) is 5.91 Å². The summed E-state index contributed by atoms with van der Waals surface area (Å²) in [6.07, 6.45) is 1.74. The van der Waals surface area contributed by atoms with Crippen LogP contribution in [0, 0.1) is 0 Å². The van der Waals surface area contributed by atoms with E-state index in [1.54, 1.807) is 24.4 Å². The van der Waals surface area contributed by atoms with Gasteiger partial charge < -0.3 is 5.32 Å². The molecule has 0 bridgehead atoms. The maximum Gasteiger partial charge on any atom is 0.255 e. The zero-order chi connectivity index (χ0) is 14.8. The third-order valence-electron chi connectivity index (χ3n) is 2.99. The molecule has 0 aliphatic rings. The SMILES string of the molecule is O=C(Nc1ccc2ncccc2c1)c1cc(Cl)cc(Br)c1. The number of halogens is 2. The Balaban J connectivity index is 1.88. The standard InChI is InChI=1S/C16H10BrClN2O/c17-12-6-11(7-13(18)9-12)16(21)20-14-3-4-15-10(8-14)2-1-5-19-15/h1-9H,(H,20,21). The number of fused-ring (bicyclic) bond motifs is 1. The highest BCUT2D eigenvalue weighted by atomic mass is 79.9. The van der Waals surface area contributed by atoms with Gasteiger partial charge in [0.25, 0.3) is 5.91 Å². The number of hydrogen-bond acceptors (Lipinski definition) is 2. The summed E-state index contributed by atoms with van der Waals surface area (Å²) in [5, 5.41) is 4.34. The Morgan fingerprint density at radius 1 is 1.14 bits per heavy atom. The number of nitrogens with zero attached hydrogens (tertiary/aromatic N) is 1. The first-order valence-electron chi connectivity index (χ1n) is 6.24. The van der Waals surface area contributed by atoms with Gasteiger partial charge in [-0.2, -0.15) is 0 Å². The number of amides is 1. The lowest BCUT2D eigenvalue weighted by Gasteiger charge is -2.07. The van der Waals surface area contributed by atoms with Gasteiger partial charge in [0.2, 0.25) is 0 Å². The van der Waals surface area contributed by atoms with Gasteiger partial charge in [-0.15, -0.1) is 0 Å². The topological polar surface area (TPSA) is 42.0 Å². The second kappa shape index (κ2) is 5.84. The summed E-state index contributed by atoms with van der Waals surface area (Å²) in [6.45, 7) is 0. The fourth-order valence-corrected chi connectivity index (χ4v) is 2.90. The average Bonchev–Trinajstić information content (AvgIpc) is 2.46. The fraction of sp³-hybridized carbons (Fsp3) is 0. The number of carbonyl (C=O) groups excluding carboxylic acids is 1. The molecule has 1 aromatic heterocycles. The summed E-state index contributed by atoms with van der Waals surface area (Å²) < 4.78 is 0.767. The van der Waals surface area contributed by atoms with E-state index >= 15 is 0 Å². The molecule has 0 atom stereocenters. The average molecular weight is 362 g/mol. The third kappa shape index (κ3) is 3.23. The molecule has 0 saturated heterocycles. The summed E-state index contributed by atoms with van der Waals surface area (Å²) in [6, 6.07) is 14.5. The molecule has 21 heavy (non-hydrogen) atoms. The lowest BCUT2D eigenvalue weighted by molar-refractivity contribution is 0.102. The van der Waals surface area contributed by atoms with Gasteiger partial charge in [0.15, 0.2) is 0 Å². The Morgan fingerprint density at radius 3 is 2.81 bits per heavy atom. The molecule has 1 amide bonds. The number of rotatable bonds is 2. The van der Waals surface area contributed by atoms with Crippen LogP contribution >= 0.6 is 27.5 Å². The van der Waals surface area contributed by atoms with Crippen LogP contribution in [0.5, 0.6) is 0 Å². The van der Waals surface area contributed by atoms with Crippen LogP contribution in [0.25, 0.3) is 10.9 Å². The Bertz CT molecular complexity index is 815. The fourth-order valence-electron chi connectivity index (χ4n) is 2.04. The molecule has 1 heterocycles. The van der Waals surface area contributed by atoms with E-state index in [1.807, 2.05) is 30.3 Å². The summed E-state index contributed by atoms with van der Waals surface area (Å²) in [5.41, 5.74) is 2.11. The van der Waals surface area contributed by atoms with Crippen molar-refractivity contribution in [1.82, 2.24) is 4.98 Å². The molecule has 3 rings (SSSR count). The van der Waals surface area contributed by atoms with Gasteiger partial charge in [0.1, 0.15) is 0 Å². The third-order valence-corrected chi connectivity index (χ3v) is 3.66. The van der Waals surface area contributed by atoms with Crippen LogP contribution in [0.15, 0.2) is 59.2 Å². The van der Waals surface area contributed by atoms with Crippen molar-refractivity contribution in [3.63, 3.8) is 0 Å². The molecule has 0 saturated carbocycles. The molecular weight excluding hydrogens is 352 g/mol. The summed E-state index contributed by atoms with van der Waals surface area (Å²) in [4.78, 5) is 16.5. The molecule has 104 valence electrons. The zero-order valence-electron chi connectivity index (χ0n) is 10.8. The highest BCUT2D eigenvalue weighted by Crippen LogP contribution is 2.21. The minimum absolute atomic E-state index is 0.207.